The number of nitrogens with zero attached hydrogens (tertiary/aromatic N) is 1. The summed E-state index contributed by atoms with van der Waals surface area (Å²) in [6, 6.07) is 5.03. The standard InChI is InChI=1S/C13H17N3O3.ClH/c1-19-9-4-5-10(14)11(7-9)15-12(17)8-16-6-2-3-13(16)18;/h4-5,7H,2-3,6,8,14H2,1H3,(H,15,17);1H. The maximum atomic E-state index is 11.9. The summed E-state index contributed by atoms with van der Waals surface area (Å²) in [7, 11) is 1.54. The van der Waals surface area contributed by atoms with Gasteiger partial charge < -0.3 is 20.7 Å². The first-order valence-electron chi connectivity index (χ1n) is 6.11. The number of carbonyl (C=O) groups excluding carboxylic acids is 2. The Hall–Kier alpha value is -1.95. The Kier molecular flexibility index (Phi) is 5.64. The number of hydrogen-bond donors (Lipinski definition) is 2. The summed E-state index contributed by atoms with van der Waals surface area (Å²) >= 11 is 0. The van der Waals surface area contributed by atoms with Gasteiger partial charge in [0.2, 0.25) is 11.8 Å². The number of carbonyl (C=O) groups is 2. The molecule has 0 radical (unpaired) electrons. The van der Waals surface area contributed by atoms with E-state index in [4.69, 9.17) is 10.5 Å². The topological polar surface area (TPSA) is 84.7 Å². The first-order valence-corrected chi connectivity index (χ1v) is 6.11. The Morgan fingerprint density at radius 3 is 2.85 bits per heavy atom. The number of rotatable bonds is 4. The molecule has 1 heterocycles. The van der Waals surface area contributed by atoms with E-state index in [1.54, 1.807) is 30.2 Å². The number of halogens is 1. The lowest BCUT2D eigenvalue weighted by molar-refractivity contribution is -0.131. The third-order valence-corrected chi connectivity index (χ3v) is 3.04. The van der Waals surface area contributed by atoms with Crippen LogP contribution in [0.5, 0.6) is 5.75 Å². The van der Waals surface area contributed by atoms with E-state index in [0.29, 0.717) is 30.1 Å². The van der Waals surface area contributed by atoms with Crippen molar-refractivity contribution in [2.75, 3.05) is 31.2 Å². The van der Waals surface area contributed by atoms with Gasteiger partial charge in [0, 0.05) is 19.0 Å². The van der Waals surface area contributed by atoms with Crippen LogP contribution in [0.3, 0.4) is 0 Å². The van der Waals surface area contributed by atoms with Gasteiger partial charge in [-0.2, -0.15) is 0 Å². The van der Waals surface area contributed by atoms with E-state index >= 15 is 0 Å². The number of likely N-dealkylation sites (tertiary alicyclic amines) is 1. The second-order valence-electron chi connectivity index (χ2n) is 4.42. The van der Waals surface area contributed by atoms with Gasteiger partial charge >= 0.3 is 0 Å². The average molecular weight is 300 g/mol. The van der Waals surface area contributed by atoms with Crippen LogP contribution in [0, 0.1) is 0 Å². The van der Waals surface area contributed by atoms with E-state index in [1.165, 1.54) is 0 Å². The number of anilines is 2. The number of methoxy groups -OCH3 is 1. The molecule has 1 aliphatic heterocycles. The lowest BCUT2D eigenvalue weighted by Crippen LogP contribution is -2.34. The molecule has 6 nitrogen and oxygen atoms in total. The molecule has 0 unspecified atom stereocenters. The van der Waals surface area contributed by atoms with E-state index in [1.807, 2.05) is 0 Å². The summed E-state index contributed by atoms with van der Waals surface area (Å²) in [5.74, 6) is 0.380. The lowest BCUT2D eigenvalue weighted by Gasteiger charge is -2.16. The summed E-state index contributed by atoms with van der Waals surface area (Å²) in [5, 5.41) is 2.69. The number of ether oxygens (including phenoxy) is 1. The third kappa shape index (κ3) is 3.77. The Morgan fingerprint density at radius 1 is 1.50 bits per heavy atom. The molecule has 1 aliphatic rings. The second-order valence-corrected chi connectivity index (χ2v) is 4.42. The molecular formula is C13H18ClN3O3. The fourth-order valence-electron chi connectivity index (χ4n) is 2.00. The molecule has 0 bridgehead atoms. The van der Waals surface area contributed by atoms with Gasteiger partial charge in [-0.05, 0) is 18.6 Å². The molecule has 7 heteroatoms. The first-order chi connectivity index (χ1) is 9.10. The highest BCUT2D eigenvalue weighted by molar-refractivity contribution is 5.97. The maximum absolute atomic E-state index is 11.9. The molecule has 1 aromatic rings. The summed E-state index contributed by atoms with van der Waals surface area (Å²) in [6.45, 7) is 0.704. The highest BCUT2D eigenvalue weighted by Gasteiger charge is 2.22. The predicted molar refractivity (Wildman–Crippen MR) is 79.1 cm³/mol. The van der Waals surface area contributed by atoms with Crippen molar-refractivity contribution in [1.29, 1.82) is 0 Å². The highest BCUT2D eigenvalue weighted by Crippen LogP contribution is 2.24. The SMILES string of the molecule is COc1ccc(N)c(NC(=O)CN2CCCC2=O)c1.Cl. The van der Waals surface area contributed by atoms with Gasteiger partial charge in [-0.1, -0.05) is 0 Å². The maximum Gasteiger partial charge on any atom is 0.244 e. The normalized spacial score (nSPS) is 13.8. The number of amides is 2. The molecule has 2 amide bonds. The van der Waals surface area contributed by atoms with E-state index < -0.39 is 0 Å². The van der Waals surface area contributed by atoms with Crippen molar-refractivity contribution < 1.29 is 14.3 Å². The first kappa shape index (κ1) is 16.1. The second kappa shape index (κ2) is 7.00. The van der Waals surface area contributed by atoms with E-state index in [0.717, 1.165) is 6.42 Å². The van der Waals surface area contributed by atoms with Gasteiger partial charge in [0.25, 0.3) is 0 Å². The van der Waals surface area contributed by atoms with Crippen LogP contribution in [0.2, 0.25) is 0 Å². The molecule has 1 fully saturated rings. The predicted octanol–water partition coefficient (Wildman–Crippen LogP) is 1.26. The Labute approximate surface area is 123 Å². The molecule has 0 spiro atoms. The van der Waals surface area contributed by atoms with Crippen LogP contribution in [-0.2, 0) is 9.59 Å². The van der Waals surface area contributed by atoms with Gasteiger partial charge in [0.1, 0.15) is 5.75 Å². The van der Waals surface area contributed by atoms with Crippen LogP contribution in [0.4, 0.5) is 11.4 Å². The van der Waals surface area contributed by atoms with Crippen molar-refractivity contribution in [2.45, 2.75) is 12.8 Å². The van der Waals surface area contributed by atoms with Crippen molar-refractivity contribution in [3.8, 4) is 5.75 Å². The molecular weight excluding hydrogens is 282 g/mol. The van der Waals surface area contributed by atoms with Gasteiger partial charge in [-0.3, -0.25) is 9.59 Å². The van der Waals surface area contributed by atoms with E-state index in [9.17, 15) is 9.59 Å². The van der Waals surface area contributed by atoms with Gasteiger partial charge in [-0.25, -0.2) is 0 Å². The summed E-state index contributed by atoms with van der Waals surface area (Å²) in [4.78, 5) is 24.8. The fourth-order valence-corrected chi connectivity index (χ4v) is 2.00. The molecule has 0 aliphatic carbocycles. The molecule has 0 atom stereocenters. The smallest absolute Gasteiger partial charge is 0.244 e. The van der Waals surface area contributed by atoms with E-state index in [-0.39, 0.29) is 30.8 Å². The Morgan fingerprint density at radius 2 is 2.25 bits per heavy atom. The molecule has 0 aromatic heterocycles. The molecule has 0 saturated carbocycles. The Balaban J connectivity index is 0.00000200. The summed E-state index contributed by atoms with van der Waals surface area (Å²) < 4.78 is 5.07. The molecule has 1 saturated heterocycles. The minimum Gasteiger partial charge on any atom is -0.497 e. The van der Waals surface area contributed by atoms with Gasteiger partial charge in [0.15, 0.2) is 0 Å². The number of nitrogens with two attached hydrogens (primary N) is 1. The van der Waals surface area contributed by atoms with Crippen LogP contribution in [0.25, 0.3) is 0 Å². The minimum absolute atomic E-state index is 0. The van der Waals surface area contributed by atoms with Crippen molar-refractivity contribution in [2.24, 2.45) is 0 Å². The monoisotopic (exact) mass is 299 g/mol. The number of nitrogen functional groups attached to an aromatic ring is 1. The van der Waals surface area contributed by atoms with Crippen molar-refractivity contribution >= 4 is 35.6 Å². The Bertz CT molecular complexity index is 508. The van der Waals surface area contributed by atoms with Crippen molar-refractivity contribution in [3.63, 3.8) is 0 Å². The van der Waals surface area contributed by atoms with Crippen LogP contribution >= 0.6 is 12.4 Å². The summed E-state index contributed by atoms with van der Waals surface area (Å²) in [6.07, 6.45) is 1.34. The largest absolute Gasteiger partial charge is 0.497 e. The zero-order chi connectivity index (χ0) is 13.8. The lowest BCUT2D eigenvalue weighted by atomic mass is 10.2. The van der Waals surface area contributed by atoms with Crippen molar-refractivity contribution in [1.82, 2.24) is 4.90 Å². The molecule has 2 rings (SSSR count). The van der Waals surface area contributed by atoms with Crippen LogP contribution in [0.15, 0.2) is 18.2 Å². The molecule has 1 aromatic carbocycles. The van der Waals surface area contributed by atoms with Gasteiger partial charge in [-0.15, -0.1) is 12.4 Å². The minimum atomic E-state index is -0.254. The number of nitrogens with one attached hydrogen (secondary N) is 1. The van der Waals surface area contributed by atoms with Gasteiger partial charge in [0.05, 0.1) is 25.0 Å². The zero-order valence-electron chi connectivity index (χ0n) is 11.2. The fraction of sp³-hybridized carbons (Fsp3) is 0.385. The van der Waals surface area contributed by atoms with E-state index in [2.05, 4.69) is 5.32 Å². The van der Waals surface area contributed by atoms with Crippen LogP contribution in [0.1, 0.15) is 12.8 Å². The summed E-state index contributed by atoms with van der Waals surface area (Å²) in [5.41, 5.74) is 6.73. The highest BCUT2D eigenvalue weighted by atomic mass is 35.5. The number of benzene rings is 1. The van der Waals surface area contributed by atoms with Crippen LogP contribution in [-0.4, -0.2) is 36.9 Å². The van der Waals surface area contributed by atoms with Crippen molar-refractivity contribution in [3.05, 3.63) is 18.2 Å². The zero-order valence-corrected chi connectivity index (χ0v) is 12.0. The molecule has 110 valence electrons. The molecule has 3 N–H and O–H groups in total. The van der Waals surface area contributed by atoms with Crippen LogP contribution < -0.4 is 15.8 Å². The molecule has 20 heavy (non-hydrogen) atoms. The number of hydrogen-bond acceptors (Lipinski definition) is 4. The third-order valence-electron chi connectivity index (χ3n) is 3.04. The quantitative estimate of drug-likeness (QED) is 0.820. The average Bonchev–Trinajstić information content (AvgIpc) is 2.78.